The van der Waals surface area contributed by atoms with Gasteiger partial charge in [-0.3, -0.25) is 24.0 Å². The van der Waals surface area contributed by atoms with Gasteiger partial charge in [0.2, 0.25) is 23.6 Å². The molecule has 37 heavy (non-hydrogen) atoms. The number of unbranched alkanes of at least 4 members (excludes halogenated alkanes) is 2. The van der Waals surface area contributed by atoms with E-state index in [1.54, 1.807) is 6.92 Å². The van der Waals surface area contributed by atoms with Crippen LogP contribution in [0.3, 0.4) is 0 Å². The van der Waals surface area contributed by atoms with Crippen molar-refractivity contribution in [3.63, 3.8) is 0 Å². The summed E-state index contributed by atoms with van der Waals surface area (Å²) < 4.78 is 5.00. The number of amides is 4. The number of ether oxygens (including phenoxy) is 1. The Kier molecular flexibility index (Phi) is 8.91. The topological polar surface area (TPSA) is 137 Å². The molecule has 200 valence electrons. The molecule has 0 spiro atoms. The molecule has 10 nitrogen and oxygen atoms in total. The number of nitrogens with one attached hydrogen (secondary N) is 3. The van der Waals surface area contributed by atoms with Crippen molar-refractivity contribution in [1.29, 1.82) is 0 Å². The minimum absolute atomic E-state index is 0.105. The largest absolute Gasteiger partial charge is 0.365 e. The van der Waals surface area contributed by atoms with Crippen molar-refractivity contribution in [2.75, 3.05) is 13.2 Å². The van der Waals surface area contributed by atoms with Crippen LogP contribution in [-0.4, -0.2) is 77.7 Å². The molecule has 5 atom stereocenters. The zero-order chi connectivity index (χ0) is 26.4. The Morgan fingerprint density at radius 1 is 0.946 bits per heavy atom. The minimum Gasteiger partial charge on any atom is -0.365 e. The van der Waals surface area contributed by atoms with Crippen LogP contribution in [0.4, 0.5) is 0 Å². The lowest BCUT2D eigenvalue weighted by Gasteiger charge is -2.32. The van der Waals surface area contributed by atoms with Gasteiger partial charge >= 0.3 is 0 Å². The highest BCUT2D eigenvalue weighted by Gasteiger charge is 2.40. The minimum atomic E-state index is -0.886. The second kappa shape index (κ2) is 12.3. The first kappa shape index (κ1) is 26.8. The Labute approximate surface area is 216 Å². The molecule has 1 aromatic rings. The number of benzene rings is 1. The third-order valence-electron chi connectivity index (χ3n) is 7.23. The predicted octanol–water partition coefficient (Wildman–Crippen LogP) is 0.626. The number of hydrogen-bond donors (Lipinski definition) is 3. The quantitative estimate of drug-likeness (QED) is 0.328. The number of carbonyl (C=O) groups excluding carboxylic acids is 5. The van der Waals surface area contributed by atoms with Crippen molar-refractivity contribution in [3.8, 4) is 0 Å². The zero-order valence-corrected chi connectivity index (χ0v) is 21.2. The highest BCUT2D eigenvalue weighted by Crippen LogP contribution is 2.21. The van der Waals surface area contributed by atoms with Crippen molar-refractivity contribution < 1.29 is 28.7 Å². The fraction of sp³-hybridized carbons (Fsp3) is 0.593. The molecule has 5 unspecified atom stereocenters. The Hall–Kier alpha value is -3.27. The summed E-state index contributed by atoms with van der Waals surface area (Å²) in [7, 11) is 0. The van der Waals surface area contributed by atoms with Crippen LogP contribution in [0.2, 0.25) is 0 Å². The molecule has 0 radical (unpaired) electrons. The monoisotopic (exact) mass is 512 g/mol. The van der Waals surface area contributed by atoms with E-state index in [-0.39, 0.29) is 30.1 Å². The number of epoxide rings is 1. The van der Waals surface area contributed by atoms with E-state index in [2.05, 4.69) is 16.0 Å². The summed E-state index contributed by atoms with van der Waals surface area (Å²) in [5.41, 5.74) is 0.886. The molecule has 3 saturated heterocycles. The molecular weight excluding hydrogens is 476 g/mol. The molecule has 0 aliphatic carbocycles. The average Bonchev–Trinajstić information content (AvgIpc) is 3.63. The van der Waals surface area contributed by atoms with E-state index in [9.17, 15) is 24.0 Å². The Morgan fingerprint density at radius 2 is 1.68 bits per heavy atom. The Balaban J connectivity index is 1.44. The number of ketones is 1. The highest BCUT2D eigenvalue weighted by atomic mass is 16.6. The fourth-order valence-electron chi connectivity index (χ4n) is 4.99. The molecule has 3 aliphatic rings. The summed E-state index contributed by atoms with van der Waals surface area (Å²) in [5, 5.41) is 8.35. The van der Waals surface area contributed by atoms with Crippen molar-refractivity contribution in [2.45, 2.75) is 88.6 Å². The number of carbonyl (C=O) groups is 5. The van der Waals surface area contributed by atoms with Crippen molar-refractivity contribution in [2.24, 2.45) is 0 Å². The number of Topliss-reactive ketones (excluding diaryl/α,β-unsaturated/α-hetero) is 1. The highest BCUT2D eigenvalue weighted by molar-refractivity contribution is 5.97. The van der Waals surface area contributed by atoms with Crippen LogP contribution in [0.5, 0.6) is 0 Å². The van der Waals surface area contributed by atoms with E-state index >= 15 is 0 Å². The molecule has 3 heterocycles. The Bertz CT molecular complexity index is 1010. The summed E-state index contributed by atoms with van der Waals surface area (Å²) in [6.07, 6.45) is 4.07. The van der Waals surface area contributed by atoms with Crippen LogP contribution in [0, 0.1) is 0 Å². The molecule has 3 N–H and O–H groups in total. The standard InChI is InChI=1S/C27H36N4O6/c1-17-24(33)30-20(15-18-9-4-2-5-10-18)27(36)31-14-8-12-21(31)26(35)29-19(25(34)28-17)11-6-3-7-13-22(32)23-16-37-23/h2,4-5,9-10,17,19-21,23H,3,6-8,11-16H2,1H3,(H,28,34)(H,29,35)(H,30,33). The van der Waals surface area contributed by atoms with Gasteiger partial charge in [-0.1, -0.05) is 43.2 Å². The second-order valence-corrected chi connectivity index (χ2v) is 10.1. The van der Waals surface area contributed by atoms with Gasteiger partial charge in [0.15, 0.2) is 5.78 Å². The first-order valence-corrected chi connectivity index (χ1v) is 13.2. The van der Waals surface area contributed by atoms with E-state index in [0.29, 0.717) is 51.7 Å². The maximum atomic E-state index is 13.5. The first-order valence-electron chi connectivity index (χ1n) is 13.2. The van der Waals surface area contributed by atoms with E-state index in [0.717, 1.165) is 12.0 Å². The SMILES string of the molecule is CC1NC(=O)C(CCCCCC(=O)C2CO2)NC(=O)C2CCCN2C(=O)C(Cc2ccccc2)NC1=O. The van der Waals surface area contributed by atoms with Crippen LogP contribution in [0.1, 0.15) is 57.4 Å². The van der Waals surface area contributed by atoms with Crippen LogP contribution in [0.25, 0.3) is 0 Å². The third kappa shape index (κ3) is 7.15. The van der Waals surface area contributed by atoms with Crippen LogP contribution in [-0.2, 0) is 35.1 Å². The third-order valence-corrected chi connectivity index (χ3v) is 7.23. The predicted molar refractivity (Wildman–Crippen MR) is 134 cm³/mol. The second-order valence-electron chi connectivity index (χ2n) is 10.1. The molecule has 0 saturated carbocycles. The summed E-state index contributed by atoms with van der Waals surface area (Å²) in [4.78, 5) is 66.2. The summed E-state index contributed by atoms with van der Waals surface area (Å²) in [6, 6.07) is 6.13. The van der Waals surface area contributed by atoms with E-state index in [4.69, 9.17) is 4.74 Å². The lowest BCUT2D eigenvalue weighted by Crippen LogP contribution is -2.61. The molecule has 10 heteroatoms. The molecule has 4 rings (SSSR count). The van der Waals surface area contributed by atoms with Crippen LogP contribution >= 0.6 is 0 Å². The van der Waals surface area contributed by atoms with E-state index < -0.39 is 36.0 Å². The van der Waals surface area contributed by atoms with Gasteiger partial charge in [0.05, 0.1) is 6.61 Å². The molecule has 3 fully saturated rings. The number of rotatable bonds is 9. The molecule has 0 bridgehead atoms. The van der Waals surface area contributed by atoms with Crippen LogP contribution in [0.15, 0.2) is 30.3 Å². The lowest BCUT2D eigenvalue weighted by atomic mass is 10.0. The van der Waals surface area contributed by atoms with E-state index in [1.165, 1.54) is 4.90 Å². The molecule has 4 amide bonds. The number of hydrogen-bond acceptors (Lipinski definition) is 6. The van der Waals surface area contributed by atoms with Crippen molar-refractivity contribution in [1.82, 2.24) is 20.9 Å². The van der Waals surface area contributed by atoms with Gasteiger partial charge in [0.1, 0.15) is 30.3 Å². The fourth-order valence-corrected chi connectivity index (χ4v) is 4.99. The normalized spacial score (nSPS) is 28.4. The Morgan fingerprint density at radius 3 is 2.41 bits per heavy atom. The summed E-state index contributed by atoms with van der Waals surface area (Å²) in [6.45, 7) is 2.49. The molecule has 1 aromatic carbocycles. The van der Waals surface area contributed by atoms with Gasteiger partial charge < -0.3 is 25.6 Å². The van der Waals surface area contributed by atoms with Gasteiger partial charge in [0.25, 0.3) is 0 Å². The van der Waals surface area contributed by atoms with Crippen LogP contribution < -0.4 is 16.0 Å². The van der Waals surface area contributed by atoms with E-state index in [1.807, 2.05) is 30.3 Å². The van der Waals surface area contributed by atoms with Crippen molar-refractivity contribution in [3.05, 3.63) is 35.9 Å². The average molecular weight is 513 g/mol. The van der Waals surface area contributed by atoms with Gasteiger partial charge in [0, 0.05) is 19.4 Å². The molecule has 0 aromatic heterocycles. The van der Waals surface area contributed by atoms with Gasteiger partial charge in [-0.25, -0.2) is 0 Å². The number of nitrogens with zero attached hydrogens (tertiary/aromatic N) is 1. The maximum Gasteiger partial charge on any atom is 0.246 e. The maximum absolute atomic E-state index is 13.5. The van der Waals surface area contributed by atoms with Gasteiger partial charge in [-0.2, -0.15) is 0 Å². The molecule has 3 aliphatic heterocycles. The van der Waals surface area contributed by atoms with Gasteiger partial charge in [-0.05, 0) is 38.2 Å². The van der Waals surface area contributed by atoms with Gasteiger partial charge in [-0.15, -0.1) is 0 Å². The summed E-state index contributed by atoms with van der Waals surface area (Å²) >= 11 is 0. The number of fused-ring (bicyclic) bond motifs is 1. The first-order chi connectivity index (χ1) is 17.8. The molecular formula is C27H36N4O6. The summed E-state index contributed by atoms with van der Waals surface area (Å²) in [5.74, 6) is -1.44. The smallest absolute Gasteiger partial charge is 0.246 e. The van der Waals surface area contributed by atoms with Crippen molar-refractivity contribution >= 4 is 29.4 Å². The zero-order valence-electron chi connectivity index (χ0n) is 21.2. The lowest BCUT2D eigenvalue weighted by molar-refractivity contribution is -0.143.